The van der Waals surface area contributed by atoms with Crippen LogP contribution in [0.5, 0.6) is 5.75 Å². The number of benzene rings is 3. The van der Waals surface area contributed by atoms with Crippen molar-refractivity contribution < 1.29 is 19.4 Å². The average molecular weight is 456 g/mol. The van der Waals surface area contributed by atoms with Gasteiger partial charge in [0.05, 0.1) is 18.7 Å². The van der Waals surface area contributed by atoms with E-state index < -0.39 is 17.7 Å². The van der Waals surface area contributed by atoms with Crippen molar-refractivity contribution in [2.45, 2.75) is 39.2 Å². The van der Waals surface area contributed by atoms with Gasteiger partial charge in [0, 0.05) is 16.8 Å². The van der Waals surface area contributed by atoms with Gasteiger partial charge in [-0.1, -0.05) is 69.3 Å². The van der Waals surface area contributed by atoms with Crippen LogP contribution in [0.2, 0.25) is 0 Å². The highest BCUT2D eigenvalue weighted by Crippen LogP contribution is 2.43. The van der Waals surface area contributed by atoms with E-state index in [-0.39, 0.29) is 16.7 Å². The van der Waals surface area contributed by atoms with Gasteiger partial charge in [0.25, 0.3) is 11.7 Å². The lowest BCUT2D eigenvalue weighted by Gasteiger charge is -2.27. The Morgan fingerprint density at radius 3 is 2.21 bits per heavy atom. The van der Waals surface area contributed by atoms with Crippen molar-refractivity contribution in [1.82, 2.24) is 0 Å². The number of ether oxygens (including phenoxy) is 1. The van der Waals surface area contributed by atoms with Crippen LogP contribution in [-0.2, 0) is 15.0 Å². The molecule has 4 rings (SSSR count). The van der Waals surface area contributed by atoms with E-state index in [1.54, 1.807) is 19.2 Å². The molecule has 1 unspecified atom stereocenters. The van der Waals surface area contributed by atoms with Crippen LogP contribution in [0.4, 0.5) is 5.69 Å². The maximum absolute atomic E-state index is 13.4. The van der Waals surface area contributed by atoms with E-state index >= 15 is 0 Å². The zero-order valence-corrected chi connectivity index (χ0v) is 20.1. The van der Waals surface area contributed by atoms with Gasteiger partial charge in [0.1, 0.15) is 11.5 Å². The maximum atomic E-state index is 13.4. The lowest BCUT2D eigenvalue weighted by atomic mass is 9.84. The fraction of sp³-hybridized carbons (Fsp3) is 0.241. The molecule has 3 aromatic carbocycles. The second-order valence-electron chi connectivity index (χ2n) is 9.53. The van der Waals surface area contributed by atoms with Crippen LogP contribution in [0.1, 0.15) is 49.1 Å². The number of carbonyl (C=O) groups excluding carboxylic acids is 2. The molecule has 0 spiro atoms. The standard InChI is InChI=1S/C29H29NO4/c1-18-11-9-10-14-22(18)30-25(19-12-7-6-8-13-19)24(27(32)28(30)33)26(31)20-15-16-23(34-5)21(17-20)29(2,3)4/h6-17,25,31H,1-5H3/b26-24-. The second kappa shape index (κ2) is 8.82. The zero-order valence-electron chi connectivity index (χ0n) is 20.1. The fourth-order valence-electron chi connectivity index (χ4n) is 4.46. The van der Waals surface area contributed by atoms with Crippen molar-refractivity contribution in [3.63, 3.8) is 0 Å². The molecule has 1 atom stereocenters. The number of aliphatic hydroxyl groups excluding tert-OH is 1. The first-order valence-electron chi connectivity index (χ1n) is 11.3. The maximum Gasteiger partial charge on any atom is 0.300 e. The molecule has 34 heavy (non-hydrogen) atoms. The van der Waals surface area contributed by atoms with E-state index in [0.29, 0.717) is 17.0 Å². The van der Waals surface area contributed by atoms with Gasteiger partial charge in [-0.15, -0.1) is 0 Å². The van der Waals surface area contributed by atoms with E-state index in [2.05, 4.69) is 20.8 Å². The first-order chi connectivity index (χ1) is 16.1. The lowest BCUT2D eigenvalue weighted by molar-refractivity contribution is -0.132. The van der Waals surface area contributed by atoms with Gasteiger partial charge in [-0.05, 0) is 47.7 Å². The number of aryl methyl sites for hydroxylation is 1. The number of carbonyl (C=O) groups is 2. The molecule has 1 saturated heterocycles. The number of hydrogen-bond donors (Lipinski definition) is 1. The number of Topliss-reactive ketones (excluding diaryl/α,β-unsaturated/α-hetero) is 1. The molecule has 1 N–H and O–H groups in total. The smallest absolute Gasteiger partial charge is 0.300 e. The third-order valence-electron chi connectivity index (χ3n) is 6.22. The molecule has 1 aliphatic heterocycles. The van der Waals surface area contributed by atoms with Crippen LogP contribution in [-0.4, -0.2) is 23.9 Å². The number of nitrogens with zero attached hydrogens (tertiary/aromatic N) is 1. The Kier molecular flexibility index (Phi) is 6.05. The van der Waals surface area contributed by atoms with Crippen molar-refractivity contribution in [1.29, 1.82) is 0 Å². The summed E-state index contributed by atoms with van der Waals surface area (Å²) >= 11 is 0. The number of aliphatic hydroxyl groups is 1. The van der Waals surface area contributed by atoms with Gasteiger partial charge in [0.2, 0.25) is 0 Å². The summed E-state index contributed by atoms with van der Waals surface area (Å²) in [7, 11) is 1.60. The van der Waals surface area contributed by atoms with E-state index in [1.807, 2.05) is 67.6 Å². The molecule has 1 fully saturated rings. The fourth-order valence-corrected chi connectivity index (χ4v) is 4.46. The molecule has 0 aromatic heterocycles. The van der Waals surface area contributed by atoms with Crippen LogP contribution in [0.25, 0.3) is 5.76 Å². The molecule has 0 aliphatic carbocycles. The van der Waals surface area contributed by atoms with E-state index in [0.717, 1.165) is 16.7 Å². The summed E-state index contributed by atoms with van der Waals surface area (Å²) in [5, 5.41) is 11.5. The Morgan fingerprint density at radius 2 is 1.59 bits per heavy atom. The van der Waals surface area contributed by atoms with Crippen LogP contribution < -0.4 is 9.64 Å². The SMILES string of the molecule is COc1ccc(/C(O)=C2/C(=O)C(=O)N(c3ccccc3C)C2c2ccccc2)cc1C(C)(C)C. The third kappa shape index (κ3) is 3.98. The minimum atomic E-state index is -0.748. The highest BCUT2D eigenvalue weighted by atomic mass is 16.5. The van der Waals surface area contributed by atoms with Gasteiger partial charge < -0.3 is 9.84 Å². The van der Waals surface area contributed by atoms with Crippen LogP contribution >= 0.6 is 0 Å². The van der Waals surface area contributed by atoms with Crippen LogP contribution in [0.3, 0.4) is 0 Å². The lowest BCUT2D eigenvalue weighted by Crippen LogP contribution is -2.30. The number of ketones is 1. The predicted octanol–water partition coefficient (Wildman–Crippen LogP) is 5.93. The topological polar surface area (TPSA) is 66.8 Å². The van der Waals surface area contributed by atoms with E-state index in [9.17, 15) is 14.7 Å². The van der Waals surface area contributed by atoms with Gasteiger partial charge in [-0.3, -0.25) is 14.5 Å². The van der Waals surface area contributed by atoms with Gasteiger partial charge in [0.15, 0.2) is 0 Å². The first kappa shape index (κ1) is 23.3. The highest BCUT2D eigenvalue weighted by molar-refractivity contribution is 6.51. The second-order valence-corrected chi connectivity index (χ2v) is 9.53. The predicted molar refractivity (Wildman–Crippen MR) is 134 cm³/mol. The summed E-state index contributed by atoms with van der Waals surface area (Å²) in [6, 6.07) is 21.3. The first-order valence-corrected chi connectivity index (χ1v) is 11.3. The highest BCUT2D eigenvalue weighted by Gasteiger charge is 2.47. The summed E-state index contributed by atoms with van der Waals surface area (Å²) in [6.07, 6.45) is 0. The normalized spacial score (nSPS) is 17.8. The Labute approximate surface area is 200 Å². The summed E-state index contributed by atoms with van der Waals surface area (Å²) < 4.78 is 5.52. The van der Waals surface area contributed by atoms with Gasteiger partial charge >= 0.3 is 0 Å². The van der Waals surface area contributed by atoms with Crippen LogP contribution in [0.15, 0.2) is 78.4 Å². The van der Waals surface area contributed by atoms with Gasteiger partial charge in [-0.2, -0.15) is 0 Å². The van der Waals surface area contributed by atoms with E-state index in [4.69, 9.17) is 4.74 Å². The Hall–Kier alpha value is -3.86. The molecule has 1 aliphatic rings. The summed E-state index contributed by atoms with van der Waals surface area (Å²) in [6.45, 7) is 8.05. The van der Waals surface area contributed by atoms with E-state index in [1.165, 1.54) is 4.90 Å². The average Bonchev–Trinajstić information content (AvgIpc) is 3.09. The molecule has 3 aromatic rings. The Bertz CT molecular complexity index is 1280. The molecular weight excluding hydrogens is 426 g/mol. The molecule has 5 nitrogen and oxygen atoms in total. The number of methoxy groups -OCH3 is 1. The number of para-hydroxylation sites is 1. The van der Waals surface area contributed by atoms with Crippen molar-refractivity contribution in [3.8, 4) is 5.75 Å². The minimum Gasteiger partial charge on any atom is -0.507 e. The largest absolute Gasteiger partial charge is 0.507 e. The molecule has 174 valence electrons. The summed E-state index contributed by atoms with van der Waals surface area (Å²) in [5.41, 5.74) is 3.43. The van der Waals surface area contributed by atoms with Crippen molar-refractivity contribution in [2.24, 2.45) is 0 Å². The third-order valence-corrected chi connectivity index (χ3v) is 6.22. The van der Waals surface area contributed by atoms with Crippen molar-refractivity contribution >= 4 is 23.1 Å². The number of hydrogen-bond acceptors (Lipinski definition) is 4. The summed E-state index contributed by atoms with van der Waals surface area (Å²) in [4.78, 5) is 28.2. The Morgan fingerprint density at radius 1 is 0.941 bits per heavy atom. The molecule has 1 heterocycles. The minimum absolute atomic E-state index is 0.0736. The number of anilines is 1. The van der Waals surface area contributed by atoms with Crippen molar-refractivity contribution in [2.75, 3.05) is 12.0 Å². The quantitative estimate of drug-likeness (QED) is 0.301. The number of rotatable bonds is 4. The monoisotopic (exact) mass is 455 g/mol. The molecule has 0 saturated carbocycles. The van der Waals surface area contributed by atoms with Crippen molar-refractivity contribution in [3.05, 3.63) is 101 Å². The molecule has 0 bridgehead atoms. The molecule has 0 radical (unpaired) electrons. The molecular formula is C29H29NO4. The van der Waals surface area contributed by atoms with Gasteiger partial charge in [-0.25, -0.2) is 0 Å². The molecule has 5 heteroatoms. The molecule has 1 amide bonds. The summed E-state index contributed by atoms with van der Waals surface area (Å²) in [5.74, 6) is -0.863. The van der Waals surface area contributed by atoms with Crippen LogP contribution in [0, 0.1) is 6.92 Å². The Balaban J connectivity index is 1.97. The number of amides is 1. The zero-order chi connectivity index (χ0) is 24.6.